The summed E-state index contributed by atoms with van der Waals surface area (Å²) >= 11 is 0. The van der Waals surface area contributed by atoms with Crippen molar-refractivity contribution >= 4 is 11.0 Å². The van der Waals surface area contributed by atoms with Crippen LogP contribution < -0.4 is 0 Å². The molecule has 1 fully saturated rings. The van der Waals surface area contributed by atoms with Gasteiger partial charge >= 0.3 is 0 Å². The van der Waals surface area contributed by atoms with Crippen molar-refractivity contribution in [1.82, 2.24) is 9.97 Å². The summed E-state index contributed by atoms with van der Waals surface area (Å²) in [5, 5.41) is 0. The van der Waals surface area contributed by atoms with E-state index in [1.54, 1.807) is 0 Å². The molecule has 0 spiro atoms. The number of nitrogens with one attached hydrogen (secondary N) is 1. The van der Waals surface area contributed by atoms with Crippen LogP contribution in [0, 0.1) is 24.7 Å². The van der Waals surface area contributed by atoms with E-state index in [9.17, 15) is 0 Å². The maximum absolute atomic E-state index is 4.81. The molecule has 2 aromatic rings. The number of benzene rings is 1. The summed E-state index contributed by atoms with van der Waals surface area (Å²) in [6, 6.07) is 4.40. The summed E-state index contributed by atoms with van der Waals surface area (Å²) in [6.07, 6.45) is 0. The Bertz CT molecular complexity index is 579. The van der Waals surface area contributed by atoms with Crippen molar-refractivity contribution in [1.29, 1.82) is 0 Å². The summed E-state index contributed by atoms with van der Waals surface area (Å²) in [6.45, 7) is 13.6. The highest BCUT2D eigenvalue weighted by molar-refractivity contribution is 5.77. The highest BCUT2D eigenvalue weighted by atomic mass is 15.0. The van der Waals surface area contributed by atoms with E-state index in [-0.39, 0.29) is 0 Å². The molecule has 2 heteroatoms. The van der Waals surface area contributed by atoms with Gasteiger partial charge in [-0.2, -0.15) is 0 Å². The average molecular weight is 242 g/mol. The van der Waals surface area contributed by atoms with Gasteiger partial charge in [0.25, 0.3) is 0 Å². The molecule has 18 heavy (non-hydrogen) atoms. The monoisotopic (exact) mass is 242 g/mol. The van der Waals surface area contributed by atoms with E-state index in [1.807, 2.05) is 0 Å². The quantitative estimate of drug-likeness (QED) is 0.792. The van der Waals surface area contributed by atoms with Crippen LogP contribution in [0.3, 0.4) is 0 Å². The highest BCUT2D eigenvalue weighted by Crippen LogP contribution is 2.73. The molecule has 1 aromatic carbocycles. The predicted molar refractivity (Wildman–Crippen MR) is 75.9 cm³/mol. The first kappa shape index (κ1) is 11.8. The largest absolute Gasteiger partial charge is 0.342 e. The third-order valence-electron chi connectivity index (χ3n) is 5.41. The third-order valence-corrected chi connectivity index (χ3v) is 5.41. The first-order valence-corrected chi connectivity index (χ1v) is 6.72. The topological polar surface area (TPSA) is 28.7 Å². The van der Waals surface area contributed by atoms with Crippen molar-refractivity contribution in [2.45, 2.75) is 47.5 Å². The fourth-order valence-corrected chi connectivity index (χ4v) is 3.31. The number of imidazole rings is 1. The molecule has 3 rings (SSSR count). The second kappa shape index (κ2) is 3.17. The molecular formula is C16H22N2. The molecule has 0 atom stereocenters. The molecular weight excluding hydrogens is 220 g/mol. The molecule has 1 N–H and O–H groups in total. The normalized spacial score (nSPS) is 21.4. The van der Waals surface area contributed by atoms with Gasteiger partial charge in [0.1, 0.15) is 5.82 Å². The Labute approximate surface area is 109 Å². The van der Waals surface area contributed by atoms with Crippen LogP contribution >= 0.6 is 0 Å². The van der Waals surface area contributed by atoms with Gasteiger partial charge < -0.3 is 4.98 Å². The summed E-state index contributed by atoms with van der Waals surface area (Å²) < 4.78 is 0. The summed E-state index contributed by atoms with van der Waals surface area (Å²) in [5.41, 5.74) is 5.59. The molecule has 1 aliphatic rings. The molecule has 0 aliphatic heterocycles. The van der Waals surface area contributed by atoms with Crippen molar-refractivity contribution in [3.63, 3.8) is 0 Å². The van der Waals surface area contributed by atoms with Gasteiger partial charge in [-0.15, -0.1) is 0 Å². The molecule has 1 heterocycles. The average Bonchev–Trinajstić information content (AvgIpc) is 2.56. The van der Waals surface area contributed by atoms with Gasteiger partial charge in [-0.3, -0.25) is 0 Å². The molecule has 0 unspecified atom stereocenters. The summed E-state index contributed by atoms with van der Waals surface area (Å²) in [5.74, 6) is 1.70. The Morgan fingerprint density at radius 3 is 2.11 bits per heavy atom. The fourth-order valence-electron chi connectivity index (χ4n) is 3.31. The Morgan fingerprint density at radius 1 is 1.00 bits per heavy atom. The predicted octanol–water partition coefficient (Wildman–Crippen LogP) is 4.33. The van der Waals surface area contributed by atoms with Crippen molar-refractivity contribution in [3.8, 4) is 0 Å². The van der Waals surface area contributed by atoms with Crippen LogP contribution in [0.15, 0.2) is 12.1 Å². The van der Waals surface area contributed by atoms with Crippen LogP contribution in [0.1, 0.15) is 50.6 Å². The van der Waals surface area contributed by atoms with Crippen LogP contribution in [-0.2, 0) is 0 Å². The van der Waals surface area contributed by atoms with Gasteiger partial charge in [0.05, 0.1) is 11.0 Å². The summed E-state index contributed by atoms with van der Waals surface area (Å²) in [4.78, 5) is 8.34. The number of aromatic nitrogens is 2. The Kier molecular flexibility index (Phi) is 2.07. The van der Waals surface area contributed by atoms with Crippen molar-refractivity contribution in [2.24, 2.45) is 10.8 Å². The number of aryl methyl sites for hydroxylation is 2. The van der Waals surface area contributed by atoms with Crippen LogP contribution in [0.2, 0.25) is 0 Å². The van der Waals surface area contributed by atoms with Gasteiger partial charge in [-0.05, 0) is 47.9 Å². The van der Waals surface area contributed by atoms with E-state index in [1.165, 1.54) is 16.6 Å². The molecule has 96 valence electrons. The van der Waals surface area contributed by atoms with Crippen molar-refractivity contribution < 1.29 is 0 Å². The minimum atomic E-state index is 0.338. The first-order valence-electron chi connectivity index (χ1n) is 6.72. The molecule has 1 aliphatic carbocycles. The van der Waals surface area contributed by atoms with Crippen LogP contribution in [0.25, 0.3) is 11.0 Å². The molecule has 1 aromatic heterocycles. The number of aromatic amines is 1. The number of fused-ring (bicyclic) bond motifs is 1. The standard InChI is InChI=1S/C16H22N2/c1-9-7-11-12(8-10(9)2)18-14(17-11)13-15(3,4)16(13,5)6/h7-8,13H,1-6H3,(H,17,18). The fraction of sp³-hybridized carbons (Fsp3) is 0.562. The Balaban J connectivity index is 2.11. The van der Waals surface area contributed by atoms with E-state index < -0.39 is 0 Å². The van der Waals surface area contributed by atoms with E-state index in [2.05, 4.69) is 58.7 Å². The zero-order valence-corrected chi connectivity index (χ0v) is 12.2. The van der Waals surface area contributed by atoms with E-state index in [0.717, 1.165) is 11.3 Å². The van der Waals surface area contributed by atoms with E-state index in [0.29, 0.717) is 16.7 Å². The number of nitrogens with zero attached hydrogens (tertiary/aromatic N) is 1. The van der Waals surface area contributed by atoms with Gasteiger partial charge in [0, 0.05) is 5.92 Å². The molecule has 0 saturated heterocycles. The van der Waals surface area contributed by atoms with Crippen LogP contribution in [-0.4, -0.2) is 9.97 Å². The van der Waals surface area contributed by atoms with Gasteiger partial charge in [0.15, 0.2) is 0 Å². The van der Waals surface area contributed by atoms with Gasteiger partial charge in [-0.25, -0.2) is 4.98 Å². The molecule has 0 amide bonds. The molecule has 1 saturated carbocycles. The zero-order chi connectivity index (χ0) is 13.3. The minimum absolute atomic E-state index is 0.338. The minimum Gasteiger partial charge on any atom is -0.342 e. The summed E-state index contributed by atoms with van der Waals surface area (Å²) in [7, 11) is 0. The number of rotatable bonds is 1. The lowest BCUT2D eigenvalue weighted by Crippen LogP contribution is -1.95. The number of hydrogen-bond donors (Lipinski definition) is 1. The van der Waals surface area contributed by atoms with E-state index in [4.69, 9.17) is 4.98 Å². The first-order chi connectivity index (χ1) is 8.25. The Hall–Kier alpha value is -1.31. The lowest BCUT2D eigenvalue weighted by molar-refractivity contribution is 0.457. The van der Waals surface area contributed by atoms with Gasteiger partial charge in [-0.1, -0.05) is 27.7 Å². The third kappa shape index (κ3) is 1.32. The Morgan fingerprint density at radius 2 is 1.56 bits per heavy atom. The number of H-pyrrole nitrogens is 1. The lowest BCUT2D eigenvalue weighted by Gasteiger charge is -2.03. The SMILES string of the molecule is Cc1cc2nc(C3C(C)(C)C3(C)C)[nH]c2cc1C. The van der Waals surface area contributed by atoms with Crippen molar-refractivity contribution in [3.05, 3.63) is 29.1 Å². The van der Waals surface area contributed by atoms with E-state index >= 15 is 0 Å². The highest BCUT2D eigenvalue weighted by Gasteiger charge is 2.66. The smallest absolute Gasteiger partial charge is 0.111 e. The maximum Gasteiger partial charge on any atom is 0.111 e. The second-order valence-corrected chi connectivity index (χ2v) is 6.95. The molecule has 0 radical (unpaired) electrons. The number of hydrogen-bond acceptors (Lipinski definition) is 1. The van der Waals surface area contributed by atoms with Crippen LogP contribution in [0.4, 0.5) is 0 Å². The maximum atomic E-state index is 4.81. The molecule has 2 nitrogen and oxygen atoms in total. The van der Waals surface area contributed by atoms with Crippen molar-refractivity contribution in [2.75, 3.05) is 0 Å². The van der Waals surface area contributed by atoms with Crippen LogP contribution in [0.5, 0.6) is 0 Å². The second-order valence-electron chi connectivity index (χ2n) is 6.95. The lowest BCUT2D eigenvalue weighted by atomic mass is 10.0. The molecule has 0 bridgehead atoms. The zero-order valence-electron chi connectivity index (χ0n) is 12.2. The van der Waals surface area contributed by atoms with Gasteiger partial charge in [0.2, 0.25) is 0 Å².